The molecule has 1 aliphatic carbocycles. The van der Waals surface area contributed by atoms with Crippen LogP contribution in [0.2, 0.25) is 0 Å². The molecule has 0 aromatic carbocycles. The first-order chi connectivity index (χ1) is 7.43. The van der Waals surface area contributed by atoms with Gasteiger partial charge in [0.1, 0.15) is 0 Å². The topological polar surface area (TPSA) is 25.8 Å². The molecule has 0 spiro atoms. The second-order valence-corrected chi connectivity index (χ2v) is 3.60. The van der Waals surface area contributed by atoms with E-state index in [2.05, 4.69) is 34.3 Å². The molecule has 0 bridgehead atoms. The number of fused-ring (bicyclic) bond motifs is 2. The molecule has 0 saturated carbocycles. The molecule has 1 aliphatic rings. The fraction of sp³-hybridized carbons (Fsp3) is 0.0769. The van der Waals surface area contributed by atoms with Gasteiger partial charge in [0.2, 0.25) is 0 Å². The quantitative estimate of drug-likeness (QED) is 0.549. The zero-order valence-electron chi connectivity index (χ0n) is 8.22. The van der Waals surface area contributed by atoms with E-state index < -0.39 is 0 Å². The predicted octanol–water partition coefficient (Wildman–Crippen LogP) is 2.55. The van der Waals surface area contributed by atoms with Crippen LogP contribution in [0.15, 0.2) is 36.7 Å². The molecule has 3 rings (SSSR count). The zero-order chi connectivity index (χ0) is 10.1. The van der Waals surface area contributed by atoms with E-state index in [9.17, 15) is 0 Å². The molecule has 2 aromatic rings. The number of hydrogen-bond acceptors (Lipinski definition) is 2. The molecule has 2 heteroatoms. The summed E-state index contributed by atoms with van der Waals surface area (Å²) in [4.78, 5) is 8.75. The summed E-state index contributed by atoms with van der Waals surface area (Å²) in [5.41, 5.74) is 4.61. The predicted molar refractivity (Wildman–Crippen MR) is 60.2 cm³/mol. The maximum atomic E-state index is 4.40. The first-order valence-corrected chi connectivity index (χ1v) is 4.99. The Labute approximate surface area is 88.3 Å². The van der Waals surface area contributed by atoms with E-state index in [-0.39, 0.29) is 0 Å². The Morgan fingerprint density at radius 1 is 0.933 bits per heavy atom. The summed E-state index contributed by atoms with van der Waals surface area (Å²) < 4.78 is 0. The molecule has 15 heavy (non-hydrogen) atoms. The summed E-state index contributed by atoms with van der Waals surface area (Å²) in [5, 5.41) is 0. The van der Waals surface area contributed by atoms with Crippen molar-refractivity contribution in [3.05, 3.63) is 59.2 Å². The van der Waals surface area contributed by atoms with Crippen molar-refractivity contribution in [3.8, 4) is 0 Å². The van der Waals surface area contributed by atoms with Gasteiger partial charge in [-0.3, -0.25) is 9.97 Å². The maximum Gasteiger partial charge on any atom is 0.0665 e. The van der Waals surface area contributed by atoms with E-state index >= 15 is 0 Å². The normalized spacial score (nSPS) is 12.8. The van der Waals surface area contributed by atoms with Crippen LogP contribution in [-0.2, 0) is 6.42 Å². The van der Waals surface area contributed by atoms with Gasteiger partial charge in [0.25, 0.3) is 0 Å². The molecule has 0 fully saturated rings. The Morgan fingerprint density at radius 3 is 2.80 bits per heavy atom. The lowest BCUT2D eigenvalue weighted by Crippen LogP contribution is -1.95. The standard InChI is InChI=1S/C13H10N2/c1-3-10-5-6-12-11(4-2-7-14-12)9-13(10)15-8-1/h1-8H,9H2. The first-order valence-electron chi connectivity index (χ1n) is 4.99. The van der Waals surface area contributed by atoms with Gasteiger partial charge >= 0.3 is 0 Å². The molecule has 0 aliphatic heterocycles. The van der Waals surface area contributed by atoms with Crippen LogP contribution in [-0.4, -0.2) is 9.97 Å². The Hall–Kier alpha value is -1.96. The summed E-state index contributed by atoms with van der Waals surface area (Å²) in [6, 6.07) is 8.13. The molecular formula is C13H10N2. The Bertz CT molecular complexity index is 482. The number of nitrogens with zero attached hydrogens (tertiary/aromatic N) is 2. The maximum absolute atomic E-state index is 4.40. The highest BCUT2D eigenvalue weighted by Crippen LogP contribution is 2.21. The molecule has 2 nitrogen and oxygen atoms in total. The largest absolute Gasteiger partial charge is 0.260 e. The van der Waals surface area contributed by atoms with Gasteiger partial charge in [-0.05, 0) is 29.3 Å². The van der Waals surface area contributed by atoms with Crippen LogP contribution in [0.1, 0.15) is 22.5 Å². The highest BCUT2D eigenvalue weighted by atomic mass is 14.7. The average Bonchev–Trinajstić information content (AvgIpc) is 2.48. The summed E-state index contributed by atoms with van der Waals surface area (Å²) in [5.74, 6) is 0. The van der Waals surface area contributed by atoms with Crippen molar-refractivity contribution in [1.82, 2.24) is 9.97 Å². The smallest absolute Gasteiger partial charge is 0.0665 e. The van der Waals surface area contributed by atoms with Crippen LogP contribution in [0.4, 0.5) is 0 Å². The van der Waals surface area contributed by atoms with Crippen molar-refractivity contribution in [1.29, 1.82) is 0 Å². The second-order valence-electron chi connectivity index (χ2n) is 3.60. The monoisotopic (exact) mass is 194 g/mol. The molecule has 0 atom stereocenters. The fourth-order valence-electron chi connectivity index (χ4n) is 1.85. The number of aromatic nitrogens is 2. The molecule has 0 saturated heterocycles. The Balaban J connectivity index is 2.19. The Morgan fingerprint density at radius 2 is 1.80 bits per heavy atom. The van der Waals surface area contributed by atoms with Crippen molar-refractivity contribution in [3.63, 3.8) is 0 Å². The van der Waals surface area contributed by atoms with E-state index in [1.165, 1.54) is 11.1 Å². The third-order valence-electron chi connectivity index (χ3n) is 2.63. The summed E-state index contributed by atoms with van der Waals surface area (Å²) in [7, 11) is 0. The van der Waals surface area contributed by atoms with Crippen LogP contribution in [0.5, 0.6) is 0 Å². The lowest BCUT2D eigenvalue weighted by Gasteiger charge is -2.03. The lowest BCUT2D eigenvalue weighted by atomic mass is 10.1. The first kappa shape index (κ1) is 8.36. The molecule has 0 amide bonds. The second kappa shape index (κ2) is 3.31. The lowest BCUT2D eigenvalue weighted by molar-refractivity contribution is 1.05. The number of pyridine rings is 2. The van der Waals surface area contributed by atoms with E-state index in [0.29, 0.717) is 0 Å². The van der Waals surface area contributed by atoms with Crippen LogP contribution >= 0.6 is 0 Å². The Kier molecular flexibility index (Phi) is 1.85. The third kappa shape index (κ3) is 1.44. The van der Waals surface area contributed by atoms with Crippen molar-refractivity contribution in [2.45, 2.75) is 6.42 Å². The van der Waals surface area contributed by atoms with Crippen LogP contribution in [0.3, 0.4) is 0 Å². The third-order valence-corrected chi connectivity index (χ3v) is 2.63. The SMILES string of the molecule is C1=Cc2ncccc2Cc2ncccc21. The fourth-order valence-corrected chi connectivity index (χ4v) is 1.85. The van der Waals surface area contributed by atoms with Crippen molar-refractivity contribution < 1.29 is 0 Å². The van der Waals surface area contributed by atoms with Crippen molar-refractivity contribution >= 4 is 12.2 Å². The molecule has 2 aromatic heterocycles. The molecular weight excluding hydrogens is 184 g/mol. The molecule has 2 heterocycles. The zero-order valence-corrected chi connectivity index (χ0v) is 8.22. The van der Waals surface area contributed by atoms with Gasteiger partial charge in [0, 0.05) is 18.8 Å². The average molecular weight is 194 g/mol. The minimum atomic E-state index is 0.867. The van der Waals surface area contributed by atoms with Gasteiger partial charge in [0.05, 0.1) is 11.4 Å². The van der Waals surface area contributed by atoms with Crippen LogP contribution in [0, 0.1) is 0 Å². The minimum absolute atomic E-state index is 0.867. The van der Waals surface area contributed by atoms with Crippen molar-refractivity contribution in [2.75, 3.05) is 0 Å². The highest BCUT2D eigenvalue weighted by Gasteiger charge is 2.09. The number of hydrogen-bond donors (Lipinski definition) is 0. The van der Waals surface area contributed by atoms with Gasteiger partial charge in [-0.2, -0.15) is 0 Å². The van der Waals surface area contributed by atoms with Gasteiger partial charge in [-0.15, -0.1) is 0 Å². The van der Waals surface area contributed by atoms with Crippen LogP contribution < -0.4 is 0 Å². The van der Waals surface area contributed by atoms with Crippen molar-refractivity contribution in [2.24, 2.45) is 0 Å². The summed E-state index contributed by atoms with van der Waals surface area (Å²) in [6.45, 7) is 0. The van der Waals surface area contributed by atoms with Gasteiger partial charge in [-0.1, -0.05) is 18.2 Å². The van der Waals surface area contributed by atoms with E-state index in [1.54, 1.807) is 0 Å². The van der Waals surface area contributed by atoms with E-state index in [1.807, 2.05) is 24.5 Å². The summed E-state index contributed by atoms with van der Waals surface area (Å²) >= 11 is 0. The van der Waals surface area contributed by atoms with E-state index in [0.717, 1.165) is 17.8 Å². The molecule has 0 N–H and O–H groups in total. The minimum Gasteiger partial charge on any atom is -0.260 e. The van der Waals surface area contributed by atoms with Gasteiger partial charge < -0.3 is 0 Å². The molecule has 0 radical (unpaired) electrons. The summed E-state index contributed by atoms with van der Waals surface area (Å²) in [6.07, 6.45) is 8.68. The molecule has 72 valence electrons. The van der Waals surface area contributed by atoms with E-state index in [4.69, 9.17) is 0 Å². The highest BCUT2D eigenvalue weighted by molar-refractivity contribution is 5.72. The van der Waals surface area contributed by atoms with Gasteiger partial charge in [0.15, 0.2) is 0 Å². The van der Waals surface area contributed by atoms with Gasteiger partial charge in [-0.25, -0.2) is 0 Å². The van der Waals surface area contributed by atoms with Crippen LogP contribution in [0.25, 0.3) is 12.2 Å². The number of rotatable bonds is 0. The molecule has 0 unspecified atom stereocenters.